The summed E-state index contributed by atoms with van der Waals surface area (Å²) < 4.78 is 0.962. The molecule has 5 heteroatoms. The van der Waals surface area contributed by atoms with Crippen LogP contribution in [0.3, 0.4) is 0 Å². The van der Waals surface area contributed by atoms with E-state index in [2.05, 4.69) is 21.2 Å². The van der Waals surface area contributed by atoms with Gasteiger partial charge in [0.1, 0.15) is 5.92 Å². The summed E-state index contributed by atoms with van der Waals surface area (Å²) in [5.74, 6) is -0.939. The van der Waals surface area contributed by atoms with Crippen molar-refractivity contribution < 1.29 is 9.59 Å². The van der Waals surface area contributed by atoms with Crippen LogP contribution < -0.4 is 10.2 Å². The highest BCUT2D eigenvalue weighted by Crippen LogP contribution is 2.27. The Hall–Kier alpha value is -2.14. The van der Waals surface area contributed by atoms with Crippen molar-refractivity contribution in [3.05, 3.63) is 64.6 Å². The average molecular weight is 387 g/mol. The summed E-state index contributed by atoms with van der Waals surface area (Å²) in [6.45, 7) is 2.50. The zero-order chi connectivity index (χ0) is 17.1. The Labute approximate surface area is 150 Å². The molecule has 2 aromatic carbocycles. The minimum atomic E-state index is -0.611. The molecule has 1 saturated heterocycles. The van der Waals surface area contributed by atoms with E-state index in [4.69, 9.17) is 0 Å². The first-order chi connectivity index (χ1) is 11.6. The number of carbonyl (C=O) groups excluding carboxylic acids is 2. The number of carbonyl (C=O) groups is 2. The highest BCUT2D eigenvalue weighted by Gasteiger charge is 2.37. The third kappa shape index (κ3) is 3.51. The second-order valence-electron chi connectivity index (χ2n) is 5.95. The standard InChI is InChI=1S/C19H19BrN2O2/c1-13(14-5-3-2-4-6-14)21-18(23)17-11-12-22(19(17)24)16-9-7-15(20)8-10-16/h2-10,13,17H,11-12H2,1H3,(H,21,23)/t13-,17+/m0/s1. The third-order valence-corrected chi connectivity index (χ3v) is 4.85. The van der Waals surface area contributed by atoms with Crippen molar-refractivity contribution in [2.45, 2.75) is 19.4 Å². The molecule has 4 nitrogen and oxygen atoms in total. The van der Waals surface area contributed by atoms with Crippen LogP contribution in [-0.2, 0) is 9.59 Å². The first-order valence-electron chi connectivity index (χ1n) is 7.98. The molecular formula is C19H19BrN2O2. The van der Waals surface area contributed by atoms with Gasteiger partial charge >= 0.3 is 0 Å². The van der Waals surface area contributed by atoms with Crippen LogP contribution in [0, 0.1) is 5.92 Å². The maximum atomic E-state index is 12.6. The molecule has 0 aliphatic carbocycles. The number of nitrogens with one attached hydrogen (secondary N) is 1. The normalized spacial score (nSPS) is 18.5. The number of anilines is 1. The molecule has 2 aromatic rings. The van der Waals surface area contributed by atoms with Crippen LogP contribution in [-0.4, -0.2) is 18.4 Å². The first-order valence-corrected chi connectivity index (χ1v) is 8.78. The predicted molar refractivity (Wildman–Crippen MR) is 97.6 cm³/mol. The molecular weight excluding hydrogens is 368 g/mol. The van der Waals surface area contributed by atoms with Crippen molar-refractivity contribution in [1.29, 1.82) is 0 Å². The Morgan fingerprint density at radius 3 is 2.50 bits per heavy atom. The Bertz CT molecular complexity index is 731. The van der Waals surface area contributed by atoms with Gasteiger partial charge in [-0.1, -0.05) is 46.3 Å². The van der Waals surface area contributed by atoms with E-state index in [0.29, 0.717) is 13.0 Å². The van der Waals surface area contributed by atoms with E-state index >= 15 is 0 Å². The Morgan fingerprint density at radius 2 is 1.83 bits per heavy atom. The lowest BCUT2D eigenvalue weighted by atomic mass is 10.0. The number of amides is 2. The molecule has 0 radical (unpaired) electrons. The molecule has 124 valence electrons. The van der Waals surface area contributed by atoms with Crippen LogP contribution in [0.4, 0.5) is 5.69 Å². The number of hydrogen-bond donors (Lipinski definition) is 1. The fraction of sp³-hybridized carbons (Fsp3) is 0.263. The number of halogens is 1. The van der Waals surface area contributed by atoms with Crippen molar-refractivity contribution in [2.75, 3.05) is 11.4 Å². The van der Waals surface area contributed by atoms with Gasteiger partial charge < -0.3 is 10.2 Å². The van der Waals surface area contributed by atoms with Gasteiger partial charge in [-0.15, -0.1) is 0 Å². The highest BCUT2D eigenvalue weighted by atomic mass is 79.9. The smallest absolute Gasteiger partial charge is 0.239 e. The van der Waals surface area contributed by atoms with Gasteiger partial charge in [0, 0.05) is 16.7 Å². The summed E-state index contributed by atoms with van der Waals surface area (Å²) in [6.07, 6.45) is 0.544. The number of nitrogens with zero attached hydrogens (tertiary/aromatic N) is 1. The number of benzene rings is 2. The largest absolute Gasteiger partial charge is 0.349 e. The van der Waals surface area contributed by atoms with Gasteiger partial charge in [-0.05, 0) is 43.2 Å². The molecule has 0 unspecified atom stereocenters. The van der Waals surface area contributed by atoms with Crippen molar-refractivity contribution in [1.82, 2.24) is 5.32 Å². The van der Waals surface area contributed by atoms with Crippen molar-refractivity contribution in [2.24, 2.45) is 5.92 Å². The molecule has 0 bridgehead atoms. The van der Waals surface area contributed by atoms with Crippen LogP contribution in [0.5, 0.6) is 0 Å². The summed E-state index contributed by atoms with van der Waals surface area (Å²) >= 11 is 3.39. The summed E-state index contributed by atoms with van der Waals surface area (Å²) in [6, 6.07) is 17.2. The lowest BCUT2D eigenvalue weighted by molar-refractivity contribution is -0.132. The SMILES string of the molecule is C[C@H](NC(=O)[C@H]1CCN(c2ccc(Br)cc2)C1=O)c1ccccc1. The van der Waals surface area contributed by atoms with Crippen LogP contribution in [0.1, 0.15) is 24.9 Å². The molecule has 1 fully saturated rings. The first kappa shape index (κ1) is 16.7. The maximum Gasteiger partial charge on any atom is 0.239 e. The summed E-state index contributed by atoms with van der Waals surface area (Å²) in [7, 11) is 0. The molecule has 0 saturated carbocycles. The molecule has 1 heterocycles. The van der Waals surface area contributed by atoms with E-state index in [1.54, 1.807) is 4.90 Å². The molecule has 3 rings (SSSR count). The van der Waals surface area contributed by atoms with E-state index in [-0.39, 0.29) is 17.9 Å². The van der Waals surface area contributed by atoms with E-state index in [0.717, 1.165) is 15.7 Å². The molecule has 1 aliphatic rings. The zero-order valence-electron chi connectivity index (χ0n) is 13.4. The van der Waals surface area contributed by atoms with Crippen LogP contribution >= 0.6 is 15.9 Å². The van der Waals surface area contributed by atoms with Crippen molar-refractivity contribution >= 4 is 33.4 Å². The van der Waals surface area contributed by atoms with Gasteiger partial charge in [0.25, 0.3) is 0 Å². The lowest BCUT2D eigenvalue weighted by Gasteiger charge is -2.19. The minimum Gasteiger partial charge on any atom is -0.349 e. The van der Waals surface area contributed by atoms with E-state index in [1.807, 2.05) is 61.5 Å². The van der Waals surface area contributed by atoms with Crippen LogP contribution in [0.2, 0.25) is 0 Å². The van der Waals surface area contributed by atoms with Gasteiger partial charge in [0.05, 0.1) is 6.04 Å². The fourth-order valence-corrected chi connectivity index (χ4v) is 3.20. The van der Waals surface area contributed by atoms with Crippen LogP contribution in [0.15, 0.2) is 59.1 Å². The zero-order valence-corrected chi connectivity index (χ0v) is 15.0. The summed E-state index contributed by atoms with van der Waals surface area (Å²) in [5.41, 5.74) is 1.86. The monoisotopic (exact) mass is 386 g/mol. The van der Waals surface area contributed by atoms with E-state index < -0.39 is 5.92 Å². The molecule has 1 N–H and O–H groups in total. The molecule has 0 spiro atoms. The molecule has 0 aromatic heterocycles. The highest BCUT2D eigenvalue weighted by molar-refractivity contribution is 9.10. The van der Waals surface area contributed by atoms with E-state index in [1.165, 1.54) is 0 Å². The summed E-state index contributed by atoms with van der Waals surface area (Å²) in [5, 5.41) is 2.96. The van der Waals surface area contributed by atoms with Crippen molar-refractivity contribution in [3.8, 4) is 0 Å². The van der Waals surface area contributed by atoms with Crippen LogP contribution in [0.25, 0.3) is 0 Å². The second kappa shape index (κ2) is 7.18. The van der Waals surface area contributed by atoms with Gasteiger partial charge in [-0.2, -0.15) is 0 Å². The lowest BCUT2D eigenvalue weighted by Crippen LogP contribution is -2.38. The van der Waals surface area contributed by atoms with Crippen molar-refractivity contribution in [3.63, 3.8) is 0 Å². The molecule has 1 aliphatic heterocycles. The minimum absolute atomic E-state index is 0.117. The Morgan fingerprint density at radius 1 is 1.17 bits per heavy atom. The van der Waals surface area contributed by atoms with Gasteiger partial charge in [-0.3, -0.25) is 9.59 Å². The quantitative estimate of drug-likeness (QED) is 0.814. The predicted octanol–water partition coefficient (Wildman–Crippen LogP) is 3.68. The van der Waals surface area contributed by atoms with E-state index in [9.17, 15) is 9.59 Å². The van der Waals surface area contributed by atoms with Gasteiger partial charge in [0.2, 0.25) is 11.8 Å². The van der Waals surface area contributed by atoms with Gasteiger partial charge in [-0.25, -0.2) is 0 Å². The Balaban J connectivity index is 1.66. The second-order valence-corrected chi connectivity index (χ2v) is 6.86. The number of hydrogen-bond acceptors (Lipinski definition) is 2. The fourth-order valence-electron chi connectivity index (χ4n) is 2.94. The number of rotatable bonds is 4. The third-order valence-electron chi connectivity index (χ3n) is 4.32. The molecule has 2 amide bonds. The summed E-state index contributed by atoms with van der Waals surface area (Å²) in [4.78, 5) is 26.8. The average Bonchev–Trinajstić information content (AvgIpc) is 2.98. The molecule has 2 atom stereocenters. The topological polar surface area (TPSA) is 49.4 Å². The molecule has 24 heavy (non-hydrogen) atoms. The Kier molecular flexibility index (Phi) is 5.00. The maximum absolute atomic E-state index is 12.6. The van der Waals surface area contributed by atoms with Gasteiger partial charge in [0.15, 0.2) is 0 Å².